The van der Waals surface area contributed by atoms with E-state index in [4.69, 9.17) is 21.7 Å². The van der Waals surface area contributed by atoms with Crippen LogP contribution in [0.2, 0.25) is 0 Å². The molecule has 0 bridgehead atoms. The van der Waals surface area contributed by atoms with Crippen molar-refractivity contribution in [1.82, 2.24) is 10.6 Å². The van der Waals surface area contributed by atoms with Gasteiger partial charge in [0.15, 0.2) is 5.11 Å². The lowest BCUT2D eigenvalue weighted by Crippen LogP contribution is -2.38. The maximum atomic E-state index is 12.1. The van der Waals surface area contributed by atoms with Gasteiger partial charge >= 0.3 is 0 Å². The fourth-order valence-corrected chi connectivity index (χ4v) is 2.09. The number of rotatable bonds is 5. The average Bonchev–Trinajstić information content (AvgIpc) is 2.60. The van der Waals surface area contributed by atoms with Gasteiger partial charge in [-0.05, 0) is 54.2 Å². The van der Waals surface area contributed by atoms with E-state index >= 15 is 0 Å². The molecule has 1 amide bonds. The highest BCUT2D eigenvalue weighted by molar-refractivity contribution is 7.80. The first-order valence-corrected chi connectivity index (χ1v) is 7.39. The van der Waals surface area contributed by atoms with Crippen LogP contribution in [0.15, 0.2) is 48.5 Å². The molecule has 6 heteroatoms. The third kappa shape index (κ3) is 4.96. The molecule has 0 spiro atoms. The number of thiocarbonyl (C=S) groups is 1. The molecule has 0 aromatic heterocycles. The quantitative estimate of drug-likeness (QED) is 0.825. The zero-order valence-electron chi connectivity index (χ0n) is 13.0. The van der Waals surface area contributed by atoms with Crippen molar-refractivity contribution in [2.75, 3.05) is 14.2 Å². The first kappa shape index (κ1) is 16.8. The highest BCUT2D eigenvalue weighted by atomic mass is 32.1. The van der Waals surface area contributed by atoms with Gasteiger partial charge in [0, 0.05) is 12.1 Å². The molecule has 0 aliphatic heterocycles. The average molecular weight is 330 g/mol. The predicted octanol–water partition coefficient (Wildman–Crippen LogP) is 2.51. The summed E-state index contributed by atoms with van der Waals surface area (Å²) < 4.78 is 10.2. The number of nitrogens with one attached hydrogen (secondary N) is 2. The summed E-state index contributed by atoms with van der Waals surface area (Å²) in [6.45, 7) is 0.499. The molecule has 0 saturated heterocycles. The van der Waals surface area contributed by atoms with Crippen LogP contribution >= 0.6 is 12.2 Å². The number of hydrogen-bond donors (Lipinski definition) is 2. The lowest BCUT2D eigenvalue weighted by Gasteiger charge is -2.10. The Balaban J connectivity index is 1.87. The Morgan fingerprint density at radius 3 is 2.39 bits per heavy atom. The molecular weight excluding hydrogens is 312 g/mol. The minimum absolute atomic E-state index is 0.268. The molecule has 0 atom stereocenters. The fourth-order valence-electron chi connectivity index (χ4n) is 1.93. The summed E-state index contributed by atoms with van der Waals surface area (Å²) in [6, 6.07) is 14.4. The second-order valence-electron chi connectivity index (χ2n) is 4.72. The lowest BCUT2D eigenvalue weighted by atomic mass is 10.2. The van der Waals surface area contributed by atoms with Gasteiger partial charge in [-0.15, -0.1) is 0 Å². The van der Waals surface area contributed by atoms with E-state index < -0.39 is 0 Å². The van der Waals surface area contributed by atoms with Crippen LogP contribution in [0.5, 0.6) is 11.5 Å². The van der Waals surface area contributed by atoms with Crippen LogP contribution in [0, 0.1) is 0 Å². The predicted molar refractivity (Wildman–Crippen MR) is 92.9 cm³/mol. The van der Waals surface area contributed by atoms with Crippen LogP contribution in [0.25, 0.3) is 0 Å². The Kier molecular flexibility index (Phi) is 5.94. The standard InChI is InChI=1S/C17H18N2O3S/c1-21-14-8-6-13(7-9-14)16(20)19-17(23)18-11-12-4-3-5-15(10-12)22-2/h3-10H,11H2,1-2H3,(H2,18,19,20,23). The molecule has 0 fully saturated rings. The van der Waals surface area contributed by atoms with Crippen LogP contribution < -0.4 is 20.1 Å². The van der Waals surface area contributed by atoms with Crippen LogP contribution in [0.3, 0.4) is 0 Å². The van der Waals surface area contributed by atoms with Crippen LogP contribution in [0.4, 0.5) is 0 Å². The second-order valence-corrected chi connectivity index (χ2v) is 5.13. The Morgan fingerprint density at radius 2 is 1.74 bits per heavy atom. The van der Waals surface area contributed by atoms with E-state index in [1.165, 1.54) is 0 Å². The number of carbonyl (C=O) groups excluding carboxylic acids is 1. The highest BCUT2D eigenvalue weighted by Gasteiger charge is 2.08. The lowest BCUT2D eigenvalue weighted by molar-refractivity contribution is 0.0976. The Morgan fingerprint density at radius 1 is 1.04 bits per heavy atom. The summed E-state index contributed by atoms with van der Waals surface area (Å²) in [5.74, 6) is 1.20. The minimum atomic E-state index is -0.268. The van der Waals surface area contributed by atoms with Crippen LogP contribution in [-0.4, -0.2) is 25.2 Å². The molecule has 0 saturated carbocycles. The molecule has 23 heavy (non-hydrogen) atoms. The van der Waals surface area contributed by atoms with Gasteiger partial charge in [-0.2, -0.15) is 0 Å². The van der Waals surface area contributed by atoms with Crippen molar-refractivity contribution in [1.29, 1.82) is 0 Å². The van der Waals surface area contributed by atoms with E-state index in [1.807, 2.05) is 24.3 Å². The second kappa shape index (κ2) is 8.14. The van der Waals surface area contributed by atoms with Gasteiger partial charge in [-0.1, -0.05) is 12.1 Å². The molecular formula is C17H18N2O3S. The zero-order valence-corrected chi connectivity index (χ0v) is 13.8. The topological polar surface area (TPSA) is 59.6 Å². The number of ether oxygens (including phenoxy) is 2. The van der Waals surface area contributed by atoms with Crippen LogP contribution in [-0.2, 0) is 6.54 Å². The van der Waals surface area contributed by atoms with E-state index in [2.05, 4.69) is 10.6 Å². The number of carbonyl (C=O) groups is 1. The molecule has 2 aromatic carbocycles. The first-order valence-electron chi connectivity index (χ1n) is 6.98. The maximum absolute atomic E-state index is 12.1. The van der Waals surface area contributed by atoms with Crippen LogP contribution in [0.1, 0.15) is 15.9 Å². The van der Waals surface area contributed by atoms with E-state index in [1.54, 1.807) is 38.5 Å². The van der Waals surface area contributed by atoms with Gasteiger partial charge in [0.2, 0.25) is 0 Å². The SMILES string of the molecule is COc1ccc(C(=O)NC(=S)NCc2cccc(OC)c2)cc1. The summed E-state index contributed by atoms with van der Waals surface area (Å²) >= 11 is 5.14. The highest BCUT2D eigenvalue weighted by Crippen LogP contribution is 2.12. The van der Waals surface area contributed by atoms with Crippen molar-refractivity contribution in [2.45, 2.75) is 6.54 Å². The van der Waals surface area contributed by atoms with E-state index in [0.717, 1.165) is 11.3 Å². The molecule has 2 aromatic rings. The summed E-state index contributed by atoms with van der Waals surface area (Å²) in [4.78, 5) is 12.1. The largest absolute Gasteiger partial charge is 0.497 e. The zero-order chi connectivity index (χ0) is 16.7. The third-order valence-corrected chi connectivity index (χ3v) is 3.41. The molecule has 0 aliphatic carbocycles. The van der Waals surface area contributed by atoms with E-state index in [9.17, 15) is 4.79 Å². The van der Waals surface area contributed by atoms with Crippen molar-refractivity contribution in [3.63, 3.8) is 0 Å². The van der Waals surface area contributed by atoms with Gasteiger partial charge in [0.05, 0.1) is 14.2 Å². The van der Waals surface area contributed by atoms with Gasteiger partial charge < -0.3 is 14.8 Å². The molecule has 0 radical (unpaired) electrons. The normalized spacial score (nSPS) is 9.83. The molecule has 0 heterocycles. The summed E-state index contributed by atoms with van der Waals surface area (Å²) in [6.07, 6.45) is 0. The van der Waals surface area contributed by atoms with E-state index in [0.29, 0.717) is 17.9 Å². The maximum Gasteiger partial charge on any atom is 0.257 e. The van der Waals surface area contributed by atoms with Crippen molar-refractivity contribution >= 4 is 23.2 Å². The summed E-state index contributed by atoms with van der Waals surface area (Å²) in [5.41, 5.74) is 1.52. The number of methoxy groups -OCH3 is 2. The first-order chi connectivity index (χ1) is 11.1. The van der Waals surface area contributed by atoms with Crippen molar-refractivity contribution in [3.05, 3.63) is 59.7 Å². The van der Waals surface area contributed by atoms with Crippen molar-refractivity contribution in [2.24, 2.45) is 0 Å². The third-order valence-electron chi connectivity index (χ3n) is 3.17. The molecule has 5 nitrogen and oxygen atoms in total. The molecule has 2 rings (SSSR count). The van der Waals surface area contributed by atoms with E-state index in [-0.39, 0.29) is 11.0 Å². The molecule has 120 valence electrons. The Labute approximate surface area is 140 Å². The summed E-state index contributed by atoms with van der Waals surface area (Å²) in [7, 11) is 3.19. The Bertz CT molecular complexity index is 686. The monoisotopic (exact) mass is 330 g/mol. The van der Waals surface area contributed by atoms with Crippen molar-refractivity contribution < 1.29 is 14.3 Å². The smallest absolute Gasteiger partial charge is 0.257 e. The van der Waals surface area contributed by atoms with Gasteiger partial charge in [0.25, 0.3) is 5.91 Å². The van der Waals surface area contributed by atoms with Gasteiger partial charge in [0.1, 0.15) is 11.5 Å². The molecule has 2 N–H and O–H groups in total. The Hall–Kier alpha value is -2.60. The molecule has 0 aliphatic rings. The fraction of sp³-hybridized carbons (Fsp3) is 0.176. The van der Waals surface area contributed by atoms with Gasteiger partial charge in [-0.25, -0.2) is 0 Å². The number of amides is 1. The van der Waals surface area contributed by atoms with Gasteiger partial charge in [-0.3, -0.25) is 10.1 Å². The number of benzene rings is 2. The van der Waals surface area contributed by atoms with Crippen molar-refractivity contribution in [3.8, 4) is 11.5 Å². The molecule has 0 unspecified atom stereocenters. The number of hydrogen-bond acceptors (Lipinski definition) is 4. The minimum Gasteiger partial charge on any atom is -0.497 e. The summed E-state index contributed by atoms with van der Waals surface area (Å²) in [5, 5.41) is 5.91.